The van der Waals surface area contributed by atoms with Crippen molar-refractivity contribution in [2.75, 3.05) is 0 Å². The predicted molar refractivity (Wildman–Crippen MR) is 197 cm³/mol. The van der Waals surface area contributed by atoms with Crippen LogP contribution in [-0.4, -0.2) is 0 Å². The average Bonchev–Trinajstić information content (AvgIpc) is 3.45. The molecule has 0 N–H and O–H groups in total. The Bertz CT molecular complexity index is 2690. The summed E-state index contributed by atoms with van der Waals surface area (Å²) in [5.41, 5.74) is 12.9. The van der Waals surface area contributed by atoms with Crippen LogP contribution in [0.25, 0.3) is 98.7 Å². The first-order valence-corrected chi connectivity index (χ1v) is 16.0. The van der Waals surface area contributed by atoms with E-state index in [4.69, 9.17) is 0 Å². The van der Waals surface area contributed by atoms with Crippen molar-refractivity contribution in [3.05, 3.63) is 170 Å². The summed E-state index contributed by atoms with van der Waals surface area (Å²) >= 11 is 0. The Morgan fingerprint density at radius 3 is 1.57 bits per heavy atom. The van der Waals surface area contributed by atoms with Crippen molar-refractivity contribution in [2.24, 2.45) is 0 Å². The molecule has 0 atom stereocenters. The lowest BCUT2D eigenvalue weighted by Crippen LogP contribution is -1.88. The van der Waals surface area contributed by atoms with Crippen LogP contribution in [0.4, 0.5) is 0 Å². The molecule has 0 fully saturated rings. The van der Waals surface area contributed by atoms with Crippen molar-refractivity contribution < 1.29 is 0 Å². The van der Waals surface area contributed by atoms with Crippen molar-refractivity contribution in [3.8, 4) is 55.6 Å². The highest BCUT2D eigenvalue weighted by Crippen LogP contribution is 2.48. The van der Waals surface area contributed by atoms with Crippen LogP contribution >= 0.6 is 0 Å². The zero-order valence-corrected chi connectivity index (χ0v) is 25.2. The van der Waals surface area contributed by atoms with Crippen LogP contribution in [0.1, 0.15) is 0 Å². The summed E-state index contributed by atoms with van der Waals surface area (Å²) in [4.78, 5) is 0. The summed E-state index contributed by atoms with van der Waals surface area (Å²) < 4.78 is 0. The minimum absolute atomic E-state index is 1.24. The Labute approximate surface area is 267 Å². The number of hydrogen-bond donors (Lipinski definition) is 0. The molecule has 0 heterocycles. The molecule has 46 heavy (non-hydrogen) atoms. The van der Waals surface area contributed by atoms with E-state index in [0.717, 1.165) is 0 Å². The monoisotopic (exact) mass is 580 g/mol. The maximum Gasteiger partial charge on any atom is -0.00259 e. The van der Waals surface area contributed by atoms with Crippen LogP contribution in [0.3, 0.4) is 0 Å². The maximum atomic E-state index is 2.39. The van der Waals surface area contributed by atoms with Gasteiger partial charge in [0.25, 0.3) is 0 Å². The van der Waals surface area contributed by atoms with Crippen molar-refractivity contribution in [2.45, 2.75) is 0 Å². The van der Waals surface area contributed by atoms with Gasteiger partial charge in [-0.1, -0.05) is 146 Å². The fourth-order valence-electron chi connectivity index (χ4n) is 7.82. The van der Waals surface area contributed by atoms with Crippen LogP contribution in [0.15, 0.2) is 170 Å². The number of fused-ring (bicyclic) bond motifs is 6. The fourth-order valence-corrected chi connectivity index (χ4v) is 7.82. The van der Waals surface area contributed by atoms with Crippen LogP contribution in [0.5, 0.6) is 0 Å². The molecular weight excluding hydrogens is 553 g/mol. The maximum absolute atomic E-state index is 2.39. The normalized spacial score (nSPS) is 11.9. The lowest BCUT2D eigenvalue weighted by Gasteiger charge is -2.14. The SMILES string of the molecule is c1ccc2c(c1)-c1cccc3cc(-c4ccc5cc(-c6ccc(-c7cccc8ccccc78)c7ccccc67)ccc5c4)cc-2c13. The molecule has 212 valence electrons. The van der Waals surface area contributed by atoms with Crippen molar-refractivity contribution in [1.29, 1.82) is 0 Å². The highest BCUT2D eigenvalue weighted by atomic mass is 14.2. The van der Waals surface area contributed by atoms with Crippen LogP contribution in [-0.2, 0) is 0 Å². The first-order valence-electron chi connectivity index (χ1n) is 16.0. The minimum atomic E-state index is 1.24. The molecule has 9 aromatic carbocycles. The summed E-state index contributed by atoms with van der Waals surface area (Å²) in [5.74, 6) is 0. The molecule has 1 aliphatic rings. The number of rotatable bonds is 3. The molecule has 0 bridgehead atoms. The second kappa shape index (κ2) is 9.76. The van der Waals surface area contributed by atoms with Gasteiger partial charge in [-0.2, -0.15) is 0 Å². The molecule has 0 saturated heterocycles. The van der Waals surface area contributed by atoms with Gasteiger partial charge in [0.1, 0.15) is 0 Å². The largest absolute Gasteiger partial charge is 0.0616 e. The molecule has 10 rings (SSSR count). The van der Waals surface area contributed by atoms with Gasteiger partial charge in [-0.15, -0.1) is 0 Å². The van der Waals surface area contributed by atoms with E-state index >= 15 is 0 Å². The lowest BCUT2D eigenvalue weighted by molar-refractivity contribution is 1.65. The third-order valence-electron chi connectivity index (χ3n) is 9.97. The van der Waals surface area contributed by atoms with Gasteiger partial charge in [0, 0.05) is 0 Å². The molecule has 0 radical (unpaired) electrons. The van der Waals surface area contributed by atoms with Gasteiger partial charge >= 0.3 is 0 Å². The Morgan fingerprint density at radius 2 is 0.739 bits per heavy atom. The van der Waals surface area contributed by atoms with Gasteiger partial charge < -0.3 is 0 Å². The highest BCUT2D eigenvalue weighted by molar-refractivity contribution is 6.16. The number of benzene rings is 9. The summed E-state index contributed by atoms with van der Waals surface area (Å²) in [6.07, 6.45) is 0. The Hall–Kier alpha value is -5.98. The van der Waals surface area contributed by atoms with Gasteiger partial charge in [0.05, 0.1) is 0 Å². The summed E-state index contributed by atoms with van der Waals surface area (Å²) in [7, 11) is 0. The zero-order valence-electron chi connectivity index (χ0n) is 25.2. The molecule has 0 amide bonds. The average molecular weight is 581 g/mol. The van der Waals surface area contributed by atoms with Gasteiger partial charge in [-0.3, -0.25) is 0 Å². The zero-order chi connectivity index (χ0) is 30.2. The smallest absolute Gasteiger partial charge is 0.00259 e. The van der Waals surface area contributed by atoms with E-state index in [1.807, 2.05) is 0 Å². The second-order valence-electron chi connectivity index (χ2n) is 12.5. The van der Waals surface area contributed by atoms with E-state index < -0.39 is 0 Å². The van der Waals surface area contributed by atoms with Crippen LogP contribution < -0.4 is 0 Å². The summed E-state index contributed by atoms with van der Waals surface area (Å²) in [6.45, 7) is 0. The van der Waals surface area contributed by atoms with Gasteiger partial charge in [0.2, 0.25) is 0 Å². The second-order valence-corrected chi connectivity index (χ2v) is 12.5. The first kappa shape index (κ1) is 25.4. The lowest BCUT2D eigenvalue weighted by atomic mass is 9.89. The third-order valence-corrected chi connectivity index (χ3v) is 9.97. The Kier molecular flexibility index (Phi) is 5.38. The van der Waals surface area contributed by atoms with E-state index in [2.05, 4.69) is 170 Å². The quantitative estimate of drug-likeness (QED) is 0.195. The Morgan fingerprint density at radius 1 is 0.217 bits per heavy atom. The molecule has 9 aromatic rings. The fraction of sp³-hybridized carbons (Fsp3) is 0. The molecule has 1 aliphatic carbocycles. The highest BCUT2D eigenvalue weighted by Gasteiger charge is 2.21. The molecule has 0 aromatic heterocycles. The van der Waals surface area contributed by atoms with E-state index in [1.165, 1.54) is 98.7 Å². The first-order chi connectivity index (χ1) is 22.8. The molecule has 0 nitrogen and oxygen atoms in total. The number of hydrogen-bond acceptors (Lipinski definition) is 0. The molecule has 0 unspecified atom stereocenters. The minimum Gasteiger partial charge on any atom is -0.0616 e. The topological polar surface area (TPSA) is 0 Å². The van der Waals surface area contributed by atoms with Gasteiger partial charge in [-0.05, 0) is 123 Å². The summed E-state index contributed by atoms with van der Waals surface area (Å²) in [5, 5.41) is 10.3. The predicted octanol–water partition coefficient (Wildman–Crippen LogP) is 12.9. The molecular formula is C46H28. The van der Waals surface area contributed by atoms with Crippen molar-refractivity contribution >= 4 is 43.1 Å². The van der Waals surface area contributed by atoms with Crippen molar-refractivity contribution in [1.82, 2.24) is 0 Å². The van der Waals surface area contributed by atoms with E-state index in [9.17, 15) is 0 Å². The van der Waals surface area contributed by atoms with Crippen molar-refractivity contribution in [3.63, 3.8) is 0 Å². The van der Waals surface area contributed by atoms with Crippen LogP contribution in [0, 0.1) is 0 Å². The molecule has 0 saturated carbocycles. The molecule has 0 aliphatic heterocycles. The standard InChI is InChI=1S/C46H28/c1-2-12-36-29(9-1)10-7-17-39(36)43-24-23-37(38-13-3-4-14-40(38)43)33-22-21-30-25-32(20-19-31(30)26-33)35-27-34-11-8-18-44-41-15-5-6-16-42(41)45(28-35)46(34)44/h1-28H. The molecule has 0 heteroatoms. The third kappa shape index (κ3) is 3.74. The van der Waals surface area contributed by atoms with E-state index in [1.54, 1.807) is 0 Å². The van der Waals surface area contributed by atoms with E-state index in [0.29, 0.717) is 0 Å². The van der Waals surface area contributed by atoms with Gasteiger partial charge in [-0.25, -0.2) is 0 Å². The Balaban J connectivity index is 1.08. The summed E-state index contributed by atoms with van der Waals surface area (Å²) in [6, 6.07) is 62.8. The van der Waals surface area contributed by atoms with Gasteiger partial charge in [0.15, 0.2) is 0 Å². The van der Waals surface area contributed by atoms with E-state index in [-0.39, 0.29) is 0 Å². The van der Waals surface area contributed by atoms with Crippen LogP contribution in [0.2, 0.25) is 0 Å². The molecule has 0 spiro atoms.